The van der Waals surface area contributed by atoms with Gasteiger partial charge in [-0.25, -0.2) is 0 Å². The lowest BCUT2D eigenvalue weighted by atomic mass is 9.95. The van der Waals surface area contributed by atoms with Gasteiger partial charge in [0.05, 0.1) is 13.0 Å². The van der Waals surface area contributed by atoms with Gasteiger partial charge in [-0.3, -0.25) is 14.7 Å². The summed E-state index contributed by atoms with van der Waals surface area (Å²) in [6.45, 7) is 4.26. The molecule has 2 atom stereocenters. The Morgan fingerprint density at radius 3 is 2.78 bits per heavy atom. The molecule has 0 spiro atoms. The fourth-order valence-corrected chi connectivity index (χ4v) is 4.28. The number of aromatic nitrogens is 1. The molecular weight excluding hydrogens is 338 g/mol. The van der Waals surface area contributed by atoms with Gasteiger partial charge in [-0.05, 0) is 42.5 Å². The third kappa shape index (κ3) is 4.66. The minimum atomic E-state index is 0.226. The molecule has 3 aliphatic rings. The monoisotopic (exact) mass is 365 g/mol. The van der Waals surface area contributed by atoms with Crippen LogP contribution in [0.2, 0.25) is 0 Å². The van der Waals surface area contributed by atoms with Gasteiger partial charge in [0.25, 0.3) is 0 Å². The number of pyridine rings is 1. The Labute approximate surface area is 161 Å². The van der Waals surface area contributed by atoms with E-state index in [1.54, 1.807) is 0 Å². The average Bonchev–Trinajstić information content (AvgIpc) is 3.00. The zero-order valence-corrected chi connectivity index (χ0v) is 15.7. The molecule has 5 nitrogen and oxygen atoms in total. The first-order valence-corrected chi connectivity index (χ1v) is 9.86. The smallest absolute Gasteiger partial charge is 0.226 e. The van der Waals surface area contributed by atoms with Crippen molar-refractivity contribution in [2.24, 2.45) is 5.92 Å². The quantitative estimate of drug-likeness (QED) is 0.790. The van der Waals surface area contributed by atoms with Crippen LogP contribution in [0.25, 0.3) is 0 Å². The van der Waals surface area contributed by atoms with Crippen molar-refractivity contribution in [1.82, 2.24) is 14.8 Å². The normalized spacial score (nSPS) is 22.4. The van der Waals surface area contributed by atoms with E-state index in [4.69, 9.17) is 4.74 Å². The molecule has 0 N–H and O–H groups in total. The van der Waals surface area contributed by atoms with E-state index >= 15 is 0 Å². The molecule has 4 heterocycles. The molecule has 3 saturated heterocycles. The van der Waals surface area contributed by atoms with Crippen molar-refractivity contribution in [2.45, 2.75) is 31.8 Å². The molecule has 0 aliphatic carbocycles. The SMILES string of the molecule is O=C(CCOc1ccccc1)N1C[C@H]2CC[C@@H]1CN(Cc1cccnc1)C2. The van der Waals surface area contributed by atoms with E-state index in [0.717, 1.165) is 38.3 Å². The first-order valence-electron chi connectivity index (χ1n) is 9.86. The second-order valence-corrected chi connectivity index (χ2v) is 7.61. The summed E-state index contributed by atoms with van der Waals surface area (Å²) < 4.78 is 5.71. The van der Waals surface area contributed by atoms with Crippen molar-refractivity contribution in [3.8, 4) is 5.75 Å². The van der Waals surface area contributed by atoms with Crippen molar-refractivity contribution < 1.29 is 9.53 Å². The first kappa shape index (κ1) is 18.0. The number of carbonyl (C=O) groups is 1. The largest absolute Gasteiger partial charge is 0.493 e. The number of para-hydroxylation sites is 1. The molecule has 3 aliphatic heterocycles. The van der Waals surface area contributed by atoms with Crippen LogP contribution in [0.4, 0.5) is 0 Å². The van der Waals surface area contributed by atoms with Crippen LogP contribution in [0.15, 0.2) is 54.9 Å². The summed E-state index contributed by atoms with van der Waals surface area (Å²) in [5.41, 5.74) is 1.24. The summed E-state index contributed by atoms with van der Waals surface area (Å²) in [5.74, 6) is 1.62. The van der Waals surface area contributed by atoms with Crippen molar-refractivity contribution in [3.05, 3.63) is 60.4 Å². The molecule has 0 saturated carbocycles. The highest BCUT2D eigenvalue weighted by Gasteiger charge is 2.36. The number of rotatable bonds is 6. The van der Waals surface area contributed by atoms with Crippen LogP contribution in [-0.4, -0.2) is 53.0 Å². The molecule has 142 valence electrons. The Morgan fingerprint density at radius 2 is 1.96 bits per heavy atom. The van der Waals surface area contributed by atoms with Crippen molar-refractivity contribution in [3.63, 3.8) is 0 Å². The molecule has 3 fully saturated rings. The highest BCUT2D eigenvalue weighted by Crippen LogP contribution is 2.29. The molecule has 27 heavy (non-hydrogen) atoms. The van der Waals surface area contributed by atoms with E-state index in [1.165, 1.54) is 12.0 Å². The number of amides is 1. The Morgan fingerprint density at radius 1 is 1.07 bits per heavy atom. The zero-order chi connectivity index (χ0) is 18.5. The number of hydrogen-bond donors (Lipinski definition) is 0. The maximum absolute atomic E-state index is 12.8. The average molecular weight is 365 g/mol. The minimum Gasteiger partial charge on any atom is -0.493 e. The summed E-state index contributed by atoms with van der Waals surface area (Å²) in [6, 6.07) is 14.1. The second-order valence-electron chi connectivity index (χ2n) is 7.61. The summed E-state index contributed by atoms with van der Waals surface area (Å²) in [5, 5.41) is 0. The van der Waals surface area contributed by atoms with Crippen molar-refractivity contribution >= 4 is 5.91 Å². The van der Waals surface area contributed by atoms with Crippen molar-refractivity contribution in [1.29, 1.82) is 0 Å². The number of hydrogen-bond acceptors (Lipinski definition) is 4. The van der Waals surface area contributed by atoms with Gasteiger partial charge >= 0.3 is 0 Å². The Hall–Kier alpha value is -2.40. The van der Waals surface area contributed by atoms with Crippen LogP contribution in [0.3, 0.4) is 0 Å². The third-order valence-electron chi connectivity index (χ3n) is 5.57. The number of benzene rings is 1. The lowest BCUT2D eigenvalue weighted by molar-refractivity contribution is -0.135. The number of nitrogens with zero attached hydrogens (tertiary/aromatic N) is 3. The Balaban J connectivity index is 1.32. The standard InChI is InChI=1S/C22H27N3O2/c26-22(10-12-27-21-6-2-1-3-7-21)25-16-19-8-9-20(25)17-24(15-19)14-18-5-4-11-23-13-18/h1-7,11,13,19-20H,8-10,12,14-17H2/t19-,20+/m0/s1. The predicted molar refractivity (Wildman–Crippen MR) is 104 cm³/mol. The second kappa shape index (κ2) is 8.53. The topological polar surface area (TPSA) is 45.7 Å². The van der Waals surface area contributed by atoms with E-state index in [2.05, 4.69) is 20.9 Å². The maximum Gasteiger partial charge on any atom is 0.226 e. The minimum absolute atomic E-state index is 0.226. The summed E-state index contributed by atoms with van der Waals surface area (Å²) in [7, 11) is 0. The molecule has 1 aromatic carbocycles. The Bertz CT molecular complexity index is 738. The van der Waals surface area contributed by atoms with Gasteiger partial charge < -0.3 is 9.64 Å². The van der Waals surface area contributed by atoms with Crippen molar-refractivity contribution in [2.75, 3.05) is 26.2 Å². The molecule has 1 aromatic heterocycles. The fraction of sp³-hybridized carbons (Fsp3) is 0.455. The van der Waals surface area contributed by atoms with Gasteiger partial charge in [-0.1, -0.05) is 24.3 Å². The lowest BCUT2D eigenvalue weighted by Gasteiger charge is -2.36. The van der Waals surface area contributed by atoms with Gasteiger partial charge in [0.15, 0.2) is 0 Å². The van der Waals surface area contributed by atoms with Gasteiger partial charge in [-0.2, -0.15) is 0 Å². The predicted octanol–water partition coefficient (Wildman–Crippen LogP) is 2.97. The van der Waals surface area contributed by atoms with Crippen LogP contribution in [0.1, 0.15) is 24.8 Å². The van der Waals surface area contributed by atoms with E-state index < -0.39 is 0 Å². The van der Waals surface area contributed by atoms with Crippen LogP contribution in [0.5, 0.6) is 5.75 Å². The molecule has 5 rings (SSSR count). The van der Waals surface area contributed by atoms with Gasteiger partial charge in [0, 0.05) is 44.6 Å². The van der Waals surface area contributed by atoms with Gasteiger partial charge in [0.1, 0.15) is 5.75 Å². The molecule has 0 radical (unpaired) electrons. The molecule has 2 aromatic rings. The third-order valence-corrected chi connectivity index (χ3v) is 5.57. The zero-order valence-electron chi connectivity index (χ0n) is 15.7. The van der Waals surface area contributed by atoms with Gasteiger partial charge in [0.2, 0.25) is 5.91 Å². The molecule has 0 unspecified atom stereocenters. The molecule has 1 amide bonds. The number of ether oxygens (including phenoxy) is 1. The van der Waals surface area contributed by atoms with Crippen LogP contribution in [-0.2, 0) is 11.3 Å². The van der Waals surface area contributed by atoms with E-state index in [1.807, 2.05) is 48.8 Å². The van der Waals surface area contributed by atoms with Gasteiger partial charge in [-0.15, -0.1) is 0 Å². The summed E-state index contributed by atoms with van der Waals surface area (Å²) >= 11 is 0. The fourth-order valence-electron chi connectivity index (χ4n) is 4.28. The van der Waals surface area contributed by atoms with Crippen LogP contribution in [0, 0.1) is 5.92 Å². The molecule has 5 heteroatoms. The van der Waals surface area contributed by atoms with E-state index in [-0.39, 0.29) is 5.91 Å². The van der Waals surface area contributed by atoms with Crippen LogP contribution >= 0.6 is 0 Å². The van der Waals surface area contributed by atoms with Crippen LogP contribution < -0.4 is 4.74 Å². The maximum atomic E-state index is 12.8. The number of piperidine rings is 1. The number of carbonyl (C=O) groups excluding carboxylic acids is 1. The number of fused-ring (bicyclic) bond motifs is 4. The molecule has 2 bridgehead atoms. The van der Waals surface area contributed by atoms with E-state index in [0.29, 0.717) is 25.0 Å². The summed E-state index contributed by atoms with van der Waals surface area (Å²) in [6.07, 6.45) is 6.53. The van der Waals surface area contributed by atoms with E-state index in [9.17, 15) is 4.79 Å². The highest BCUT2D eigenvalue weighted by molar-refractivity contribution is 5.77. The first-order chi connectivity index (χ1) is 13.3. The highest BCUT2D eigenvalue weighted by atomic mass is 16.5. The Kier molecular flexibility index (Phi) is 5.68. The lowest BCUT2D eigenvalue weighted by Crippen LogP contribution is -2.47. The summed E-state index contributed by atoms with van der Waals surface area (Å²) in [4.78, 5) is 21.6. The molecular formula is C22H27N3O2.